The molecule has 0 bridgehead atoms. The highest BCUT2D eigenvalue weighted by molar-refractivity contribution is 5.75. The van der Waals surface area contributed by atoms with E-state index in [0.29, 0.717) is 18.8 Å². The number of amides is 1. The molecule has 0 unspecified atom stereocenters. The van der Waals surface area contributed by atoms with Gasteiger partial charge in [-0.2, -0.15) is 9.78 Å². The summed E-state index contributed by atoms with van der Waals surface area (Å²) < 4.78 is 3.25. The second-order valence-corrected chi connectivity index (χ2v) is 4.86. The number of hydrogen-bond donors (Lipinski definition) is 1. The van der Waals surface area contributed by atoms with Gasteiger partial charge in [-0.15, -0.1) is 0 Å². The Morgan fingerprint density at radius 3 is 2.86 bits per heavy atom. The molecule has 0 aliphatic carbocycles. The summed E-state index contributed by atoms with van der Waals surface area (Å²) in [6.45, 7) is 5.21. The Labute approximate surface area is 127 Å². The third-order valence-electron chi connectivity index (χ3n) is 3.21. The lowest BCUT2D eigenvalue weighted by atomic mass is 10.3. The molecule has 22 heavy (non-hydrogen) atoms. The highest BCUT2D eigenvalue weighted by atomic mass is 16.6. The van der Waals surface area contributed by atoms with Gasteiger partial charge in [-0.3, -0.25) is 9.48 Å². The van der Waals surface area contributed by atoms with Gasteiger partial charge < -0.3 is 15.4 Å². The van der Waals surface area contributed by atoms with Gasteiger partial charge in [-0.05, 0) is 18.8 Å². The molecule has 2 aromatic heterocycles. The predicted octanol–water partition coefficient (Wildman–Crippen LogP) is 1.02. The summed E-state index contributed by atoms with van der Waals surface area (Å²) in [4.78, 5) is 21.9. The normalized spacial score (nSPS) is 10.6. The molecule has 118 valence electrons. The standard InChI is InChI=1S/C13H18N6O3/c1-3-17-9-11(8-15-17)7-14-13(20)4-5-18-10(2)6-12(16-18)19(21)22/h6,8-9H,3-5,7H2,1-2H3,(H,14,20). The highest BCUT2D eigenvalue weighted by Crippen LogP contribution is 2.11. The van der Waals surface area contributed by atoms with Gasteiger partial charge in [0.05, 0.1) is 29.6 Å². The number of nitrogens with one attached hydrogen (secondary N) is 1. The summed E-state index contributed by atoms with van der Waals surface area (Å²) in [5.74, 6) is -0.341. The molecular weight excluding hydrogens is 288 g/mol. The number of hydrogen-bond acceptors (Lipinski definition) is 5. The van der Waals surface area contributed by atoms with Crippen LogP contribution in [-0.4, -0.2) is 30.4 Å². The molecule has 0 spiro atoms. The first kappa shape index (κ1) is 15.7. The van der Waals surface area contributed by atoms with Crippen molar-refractivity contribution in [1.82, 2.24) is 24.9 Å². The molecule has 0 radical (unpaired) electrons. The molecule has 1 N–H and O–H groups in total. The van der Waals surface area contributed by atoms with Gasteiger partial charge in [0.15, 0.2) is 0 Å². The molecule has 0 saturated carbocycles. The summed E-state index contributed by atoms with van der Waals surface area (Å²) in [5, 5.41) is 21.4. The number of carbonyl (C=O) groups excluding carboxylic acids is 1. The Morgan fingerprint density at radius 1 is 1.50 bits per heavy atom. The lowest BCUT2D eigenvalue weighted by Crippen LogP contribution is -2.24. The SMILES string of the molecule is CCn1cc(CNC(=O)CCn2nc([N+](=O)[O-])cc2C)cn1. The van der Waals surface area contributed by atoms with Crippen molar-refractivity contribution >= 4 is 11.7 Å². The average Bonchev–Trinajstić information content (AvgIpc) is 3.09. The molecule has 0 saturated heterocycles. The minimum Gasteiger partial charge on any atom is -0.358 e. The second-order valence-electron chi connectivity index (χ2n) is 4.86. The molecule has 2 heterocycles. The fourth-order valence-corrected chi connectivity index (χ4v) is 1.98. The largest absolute Gasteiger partial charge is 0.390 e. The van der Waals surface area contributed by atoms with Crippen LogP contribution in [0.15, 0.2) is 18.5 Å². The van der Waals surface area contributed by atoms with E-state index in [4.69, 9.17) is 0 Å². The topological polar surface area (TPSA) is 108 Å². The molecule has 0 fully saturated rings. The van der Waals surface area contributed by atoms with E-state index in [2.05, 4.69) is 15.5 Å². The smallest absolute Gasteiger partial charge is 0.358 e. The molecule has 0 aliphatic heterocycles. The summed E-state index contributed by atoms with van der Waals surface area (Å²) in [6.07, 6.45) is 3.80. The minimum atomic E-state index is -0.547. The van der Waals surface area contributed by atoms with E-state index in [1.54, 1.807) is 17.8 Å². The Balaban J connectivity index is 1.81. The maximum absolute atomic E-state index is 11.8. The first-order valence-corrected chi connectivity index (χ1v) is 6.96. The number of nitro groups is 1. The van der Waals surface area contributed by atoms with E-state index in [1.807, 2.05) is 13.1 Å². The van der Waals surface area contributed by atoms with Gasteiger partial charge in [0.25, 0.3) is 0 Å². The number of aromatic nitrogens is 4. The molecule has 0 atom stereocenters. The lowest BCUT2D eigenvalue weighted by molar-refractivity contribution is -0.389. The number of aryl methyl sites for hydroxylation is 3. The van der Waals surface area contributed by atoms with Crippen molar-refractivity contribution in [2.75, 3.05) is 0 Å². The zero-order valence-electron chi connectivity index (χ0n) is 12.5. The van der Waals surface area contributed by atoms with Crippen molar-refractivity contribution in [2.24, 2.45) is 0 Å². The van der Waals surface area contributed by atoms with E-state index in [9.17, 15) is 14.9 Å². The van der Waals surface area contributed by atoms with E-state index >= 15 is 0 Å². The van der Waals surface area contributed by atoms with Gasteiger partial charge in [0, 0.05) is 31.3 Å². The van der Waals surface area contributed by atoms with Crippen LogP contribution in [0.1, 0.15) is 24.6 Å². The van der Waals surface area contributed by atoms with Crippen LogP contribution < -0.4 is 5.32 Å². The van der Waals surface area contributed by atoms with Crippen LogP contribution in [-0.2, 0) is 24.4 Å². The van der Waals surface area contributed by atoms with E-state index in [1.165, 1.54) is 10.7 Å². The molecule has 0 aliphatic rings. The zero-order valence-corrected chi connectivity index (χ0v) is 12.5. The number of rotatable bonds is 7. The highest BCUT2D eigenvalue weighted by Gasteiger charge is 2.15. The zero-order chi connectivity index (χ0) is 16.1. The van der Waals surface area contributed by atoms with Crippen molar-refractivity contribution in [3.63, 3.8) is 0 Å². The van der Waals surface area contributed by atoms with Gasteiger partial charge in [0.2, 0.25) is 5.91 Å². The van der Waals surface area contributed by atoms with Crippen LogP contribution >= 0.6 is 0 Å². The molecule has 0 aromatic carbocycles. The van der Waals surface area contributed by atoms with Crippen molar-refractivity contribution in [1.29, 1.82) is 0 Å². The van der Waals surface area contributed by atoms with Crippen LogP contribution in [0.3, 0.4) is 0 Å². The lowest BCUT2D eigenvalue weighted by Gasteiger charge is -2.03. The average molecular weight is 306 g/mol. The molecule has 2 aromatic rings. The monoisotopic (exact) mass is 306 g/mol. The van der Waals surface area contributed by atoms with Crippen molar-refractivity contribution in [3.05, 3.63) is 39.8 Å². The van der Waals surface area contributed by atoms with E-state index in [0.717, 1.165) is 12.1 Å². The van der Waals surface area contributed by atoms with Crippen LogP contribution in [0.5, 0.6) is 0 Å². The van der Waals surface area contributed by atoms with Gasteiger partial charge in [0.1, 0.15) is 0 Å². The summed E-state index contributed by atoms with van der Waals surface area (Å²) >= 11 is 0. The Morgan fingerprint density at radius 2 is 2.27 bits per heavy atom. The van der Waals surface area contributed by atoms with Crippen molar-refractivity contribution in [2.45, 2.75) is 39.9 Å². The van der Waals surface area contributed by atoms with Crippen LogP contribution in [0, 0.1) is 17.0 Å². The maximum Gasteiger partial charge on any atom is 0.390 e. The van der Waals surface area contributed by atoms with Gasteiger partial charge in [-0.25, -0.2) is 0 Å². The van der Waals surface area contributed by atoms with Crippen LogP contribution in [0.25, 0.3) is 0 Å². The fourth-order valence-electron chi connectivity index (χ4n) is 1.98. The van der Waals surface area contributed by atoms with E-state index in [-0.39, 0.29) is 18.1 Å². The summed E-state index contributed by atoms with van der Waals surface area (Å²) in [7, 11) is 0. The molecule has 9 heteroatoms. The number of nitrogens with zero attached hydrogens (tertiary/aromatic N) is 5. The Hall–Kier alpha value is -2.71. The maximum atomic E-state index is 11.8. The Bertz CT molecular complexity index is 675. The first-order valence-electron chi connectivity index (χ1n) is 6.96. The van der Waals surface area contributed by atoms with Gasteiger partial charge in [-0.1, -0.05) is 0 Å². The molecule has 9 nitrogen and oxygen atoms in total. The molecule has 1 amide bonds. The molecular formula is C13H18N6O3. The summed E-state index contributed by atoms with van der Waals surface area (Å²) in [5.41, 5.74) is 1.59. The second kappa shape index (κ2) is 6.83. The summed E-state index contributed by atoms with van der Waals surface area (Å²) in [6, 6.07) is 1.39. The Kier molecular flexibility index (Phi) is 4.87. The van der Waals surface area contributed by atoms with Crippen molar-refractivity contribution in [3.8, 4) is 0 Å². The third kappa shape index (κ3) is 3.90. The first-order chi connectivity index (χ1) is 10.5. The quantitative estimate of drug-likeness (QED) is 0.607. The van der Waals surface area contributed by atoms with Crippen LogP contribution in [0.4, 0.5) is 5.82 Å². The minimum absolute atomic E-state index is 0.137. The van der Waals surface area contributed by atoms with E-state index < -0.39 is 4.92 Å². The third-order valence-corrected chi connectivity index (χ3v) is 3.21. The molecule has 2 rings (SSSR count). The van der Waals surface area contributed by atoms with Gasteiger partial charge >= 0.3 is 5.82 Å². The fraction of sp³-hybridized carbons (Fsp3) is 0.462. The van der Waals surface area contributed by atoms with Crippen LogP contribution in [0.2, 0.25) is 0 Å². The predicted molar refractivity (Wildman–Crippen MR) is 78.0 cm³/mol. The van der Waals surface area contributed by atoms with Crippen molar-refractivity contribution < 1.29 is 9.72 Å². The number of carbonyl (C=O) groups is 1.